The quantitative estimate of drug-likeness (QED) is 0.333. The Kier molecular flexibility index (Phi) is 6.20. The second kappa shape index (κ2) is 8.99. The number of anilines is 2. The van der Waals surface area contributed by atoms with Crippen molar-refractivity contribution >= 4 is 38.5 Å². The molecule has 0 saturated heterocycles. The highest BCUT2D eigenvalue weighted by Gasteiger charge is 2.23. The SMILES string of the molecule is CC(C)(C)c1ccc(S(=O)(=O)Nc2ccc(F)c(NC(=O)Oc3cnc4[nH]ccc4c3)c2F)cc1. The van der Waals surface area contributed by atoms with Crippen molar-refractivity contribution in [1.82, 2.24) is 9.97 Å². The molecule has 182 valence electrons. The number of aromatic nitrogens is 2. The van der Waals surface area contributed by atoms with Gasteiger partial charge in [-0.05, 0) is 47.4 Å². The number of nitrogens with one attached hydrogen (secondary N) is 3. The van der Waals surface area contributed by atoms with Gasteiger partial charge in [-0.1, -0.05) is 32.9 Å². The van der Waals surface area contributed by atoms with Crippen molar-refractivity contribution in [2.45, 2.75) is 31.1 Å². The van der Waals surface area contributed by atoms with E-state index >= 15 is 4.39 Å². The summed E-state index contributed by atoms with van der Waals surface area (Å²) in [6.07, 6.45) is 1.73. The van der Waals surface area contributed by atoms with E-state index in [0.717, 1.165) is 17.7 Å². The van der Waals surface area contributed by atoms with Crippen molar-refractivity contribution in [3.63, 3.8) is 0 Å². The molecular weight excluding hydrogens is 478 g/mol. The molecule has 11 heteroatoms. The molecule has 8 nitrogen and oxygen atoms in total. The van der Waals surface area contributed by atoms with Gasteiger partial charge in [-0.15, -0.1) is 0 Å². The van der Waals surface area contributed by atoms with Gasteiger partial charge in [0.25, 0.3) is 10.0 Å². The van der Waals surface area contributed by atoms with Crippen molar-refractivity contribution in [3.05, 3.63) is 78.1 Å². The minimum absolute atomic E-state index is 0.0472. The maximum Gasteiger partial charge on any atom is 0.417 e. The molecule has 0 aliphatic carbocycles. The van der Waals surface area contributed by atoms with Crippen molar-refractivity contribution in [2.75, 3.05) is 10.0 Å². The van der Waals surface area contributed by atoms with Crippen LogP contribution >= 0.6 is 0 Å². The number of pyridine rings is 1. The van der Waals surface area contributed by atoms with E-state index in [-0.39, 0.29) is 16.1 Å². The highest BCUT2D eigenvalue weighted by Crippen LogP contribution is 2.29. The van der Waals surface area contributed by atoms with Crippen LogP contribution in [0, 0.1) is 11.6 Å². The molecular formula is C24H22F2N4O4S. The van der Waals surface area contributed by atoms with Crippen molar-refractivity contribution in [3.8, 4) is 5.75 Å². The summed E-state index contributed by atoms with van der Waals surface area (Å²) in [6, 6.07) is 11.1. The molecule has 2 heterocycles. The molecule has 0 fully saturated rings. The fraction of sp³-hybridized carbons (Fsp3) is 0.167. The highest BCUT2D eigenvalue weighted by molar-refractivity contribution is 7.92. The Hall–Kier alpha value is -3.99. The van der Waals surface area contributed by atoms with Gasteiger partial charge < -0.3 is 9.72 Å². The van der Waals surface area contributed by atoms with E-state index in [1.54, 1.807) is 24.4 Å². The number of benzene rings is 2. The second-order valence-corrected chi connectivity index (χ2v) is 10.4. The molecule has 4 rings (SSSR count). The van der Waals surface area contributed by atoms with E-state index in [1.807, 2.05) is 26.1 Å². The fourth-order valence-electron chi connectivity index (χ4n) is 3.29. The molecule has 1 amide bonds. The monoisotopic (exact) mass is 500 g/mol. The third-order valence-electron chi connectivity index (χ3n) is 5.18. The smallest absolute Gasteiger partial charge is 0.408 e. The van der Waals surface area contributed by atoms with Crippen LogP contribution in [0.5, 0.6) is 5.75 Å². The lowest BCUT2D eigenvalue weighted by molar-refractivity contribution is 0.215. The molecule has 2 aromatic carbocycles. The molecule has 4 aromatic rings. The van der Waals surface area contributed by atoms with Gasteiger partial charge in [0.15, 0.2) is 11.6 Å². The third-order valence-corrected chi connectivity index (χ3v) is 6.56. The van der Waals surface area contributed by atoms with E-state index in [0.29, 0.717) is 11.0 Å². The number of rotatable bonds is 5. The fourth-order valence-corrected chi connectivity index (χ4v) is 4.35. The van der Waals surface area contributed by atoms with Crippen LogP contribution in [0.2, 0.25) is 0 Å². The van der Waals surface area contributed by atoms with Gasteiger partial charge in [-0.25, -0.2) is 27.0 Å². The second-order valence-electron chi connectivity index (χ2n) is 8.76. The average Bonchev–Trinajstić information content (AvgIpc) is 3.26. The molecule has 0 spiro atoms. The predicted molar refractivity (Wildman–Crippen MR) is 128 cm³/mol. The Balaban J connectivity index is 1.53. The molecule has 0 saturated carbocycles. The van der Waals surface area contributed by atoms with E-state index in [9.17, 15) is 17.6 Å². The lowest BCUT2D eigenvalue weighted by Crippen LogP contribution is -2.20. The van der Waals surface area contributed by atoms with Crippen LogP contribution in [-0.4, -0.2) is 24.5 Å². The number of sulfonamides is 1. The zero-order chi connectivity index (χ0) is 25.4. The number of hydrogen-bond acceptors (Lipinski definition) is 5. The summed E-state index contributed by atoms with van der Waals surface area (Å²) in [4.78, 5) is 19.1. The summed E-state index contributed by atoms with van der Waals surface area (Å²) in [5.74, 6) is -2.38. The summed E-state index contributed by atoms with van der Waals surface area (Å²) < 4.78 is 62.0. The third kappa shape index (κ3) is 5.24. The van der Waals surface area contributed by atoms with E-state index in [2.05, 4.69) is 14.7 Å². The minimum Gasteiger partial charge on any atom is -0.408 e. The van der Waals surface area contributed by atoms with Gasteiger partial charge in [-0.2, -0.15) is 0 Å². The summed E-state index contributed by atoms with van der Waals surface area (Å²) in [5, 5.41) is 2.64. The molecule has 0 atom stereocenters. The number of carbonyl (C=O) groups excluding carboxylic acids is 1. The number of aromatic amines is 1. The number of nitrogens with zero attached hydrogens (tertiary/aromatic N) is 1. The topological polar surface area (TPSA) is 113 Å². The van der Waals surface area contributed by atoms with Gasteiger partial charge >= 0.3 is 6.09 Å². The molecule has 3 N–H and O–H groups in total. The Morgan fingerprint density at radius 1 is 1.06 bits per heavy atom. The number of amides is 1. The maximum atomic E-state index is 15.0. The number of fused-ring (bicyclic) bond motifs is 1. The zero-order valence-electron chi connectivity index (χ0n) is 19.0. The molecule has 0 unspecified atom stereocenters. The number of carbonyl (C=O) groups is 1. The Morgan fingerprint density at radius 3 is 2.46 bits per heavy atom. The largest absolute Gasteiger partial charge is 0.417 e. The number of halogens is 2. The number of hydrogen-bond donors (Lipinski definition) is 3. The predicted octanol–water partition coefficient (Wildman–Crippen LogP) is 5.55. The first-order valence-electron chi connectivity index (χ1n) is 10.5. The first kappa shape index (κ1) is 24.1. The Labute approximate surface area is 200 Å². The van der Waals surface area contributed by atoms with Crippen LogP contribution in [0.4, 0.5) is 25.0 Å². The average molecular weight is 501 g/mol. The molecule has 0 radical (unpaired) electrons. The van der Waals surface area contributed by atoms with Gasteiger partial charge in [0.05, 0.1) is 16.8 Å². The van der Waals surface area contributed by atoms with Crippen LogP contribution in [0.15, 0.2) is 65.8 Å². The molecule has 0 aliphatic heterocycles. The van der Waals surface area contributed by atoms with Crippen molar-refractivity contribution in [1.29, 1.82) is 0 Å². The van der Waals surface area contributed by atoms with Crippen LogP contribution in [0.1, 0.15) is 26.3 Å². The Morgan fingerprint density at radius 2 is 1.77 bits per heavy atom. The summed E-state index contributed by atoms with van der Waals surface area (Å²) in [7, 11) is -4.19. The van der Waals surface area contributed by atoms with E-state index in [4.69, 9.17) is 4.74 Å². The lowest BCUT2D eigenvalue weighted by atomic mass is 9.87. The molecule has 2 aromatic heterocycles. The van der Waals surface area contributed by atoms with Gasteiger partial charge in [-0.3, -0.25) is 10.0 Å². The van der Waals surface area contributed by atoms with Gasteiger partial charge in [0, 0.05) is 11.6 Å². The van der Waals surface area contributed by atoms with Crippen LogP contribution in [0.3, 0.4) is 0 Å². The number of H-pyrrole nitrogens is 1. The minimum atomic E-state index is -4.19. The lowest BCUT2D eigenvalue weighted by Gasteiger charge is -2.19. The first-order chi connectivity index (χ1) is 16.4. The first-order valence-corrected chi connectivity index (χ1v) is 12.0. The molecule has 0 aliphatic rings. The summed E-state index contributed by atoms with van der Waals surface area (Å²) in [6.45, 7) is 5.95. The summed E-state index contributed by atoms with van der Waals surface area (Å²) in [5.41, 5.74) is -0.105. The van der Waals surface area contributed by atoms with E-state index in [1.165, 1.54) is 24.4 Å². The van der Waals surface area contributed by atoms with Crippen molar-refractivity contribution < 1.29 is 26.7 Å². The van der Waals surface area contributed by atoms with E-state index < -0.39 is 39.1 Å². The van der Waals surface area contributed by atoms with Crippen molar-refractivity contribution in [2.24, 2.45) is 0 Å². The number of ether oxygens (including phenoxy) is 1. The summed E-state index contributed by atoms with van der Waals surface area (Å²) >= 11 is 0. The normalized spacial score (nSPS) is 11.9. The zero-order valence-corrected chi connectivity index (χ0v) is 19.8. The molecule has 0 bridgehead atoms. The highest BCUT2D eigenvalue weighted by atomic mass is 32.2. The van der Waals surface area contributed by atoms with Crippen LogP contribution in [0.25, 0.3) is 11.0 Å². The standard InChI is InChI=1S/C24H22F2N4O4S/c1-24(2,3)15-4-6-17(7-5-15)35(32,33)30-19-9-8-18(25)21(20(19)26)29-23(31)34-16-12-14-10-11-27-22(14)28-13-16/h4-13,30H,1-3H3,(H,27,28)(H,29,31). The maximum absolute atomic E-state index is 15.0. The Bertz CT molecular complexity index is 1510. The van der Waals surface area contributed by atoms with Gasteiger partial charge in [0.1, 0.15) is 17.2 Å². The molecule has 35 heavy (non-hydrogen) atoms. The van der Waals surface area contributed by atoms with Crippen LogP contribution in [-0.2, 0) is 15.4 Å². The van der Waals surface area contributed by atoms with Crippen LogP contribution < -0.4 is 14.8 Å². The van der Waals surface area contributed by atoms with Gasteiger partial charge in [0.2, 0.25) is 0 Å².